The van der Waals surface area contributed by atoms with Crippen molar-refractivity contribution in [3.8, 4) is 0 Å². The standard InChI is InChI=1S/C26H33N5O3/c1-5-30(6-2)12-13-31-11-7-8-22-24(26(31)34)16(3)23(28-22)15-20-19-14-18(27-17(4)32)9-10-21(19)29-25(20)33/h9-10,14-15,28H,5-8,11-13H2,1-4H3,(H,27,32)(H,29,33)/b20-15-. The molecule has 0 saturated heterocycles. The van der Waals surface area contributed by atoms with Gasteiger partial charge in [0.1, 0.15) is 0 Å². The van der Waals surface area contributed by atoms with Crippen molar-refractivity contribution >= 4 is 40.7 Å². The molecule has 0 bridgehead atoms. The maximum atomic E-state index is 13.5. The number of hydrogen-bond donors (Lipinski definition) is 3. The smallest absolute Gasteiger partial charge is 0.256 e. The molecule has 3 N–H and O–H groups in total. The van der Waals surface area contributed by atoms with Gasteiger partial charge in [-0.2, -0.15) is 0 Å². The van der Waals surface area contributed by atoms with Crippen molar-refractivity contribution in [2.45, 2.75) is 40.5 Å². The predicted octanol–water partition coefficient (Wildman–Crippen LogP) is 3.50. The molecule has 3 heterocycles. The summed E-state index contributed by atoms with van der Waals surface area (Å²) in [5, 5.41) is 5.64. The summed E-state index contributed by atoms with van der Waals surface area (Å²) in [4.78, 5) is 45.4. The lowest BCUT2D eigenvalue weighted by molar-refractivity contribution is -0.114. The van der Waals surface area contributed by atoms with Crippen LogP contribution in [0.1, 0.15) is 60.1 Å². The highest BCUT2D eigenvalue weighted by Gasteiger charge is 2.29. The van der Waals surface area contributed by atoms with Gasteiger partial charge in [-0.05, 0) is 62.7 Å². The molecule has 2 aromatic rings. The van der Waals surface area contributed by atoms with Crippen LogP contribution in [0.25, 0.3) is 11.6 Å². The third kappa shape index (κ3) is 4.63. The minimum atomic E-state index is -0.202. The van der Waals surface area contributed by atoms with Crippen LogP contribution in [0.3, 0.4) is 0 Å². The normalized spacial score (nSPS) is 16.5. The van der Waals surface area contributed by atoms with E-state index in [0.29, 0.717) is 23.5 Å². The lowest BCUT2D eigenvalue weighted by Gasteiger charge is -2.25. The third-order valence-corrected chi connectivity index (χ3v) is 6.71. The molecule has 180 valence electrons. The summed E-state index contributed by atoms with van der Waals surface area (Å²) in [5.74, 6) is -0.315. The van der Waals surface area contributed by atoms with Gasteiger partial charge in [0.05, 0.1) is 11.1 Å². The summed E-state index contributed by atoms with van der Waals surface area (Å²) in [5.41, 5.74) is 5.87. The Morgan fingerprint density at radius 3 is 2.71 bits per heavy atom. The highest BCUT2D eigenvalue weighted by Crippen LogP contribution is 2.36. The van der Waals surface area contributed by atoms with Crippen LogP contribution < -0.4 is 10.6 Å². The molecule has 0 radical (unpaired) electrons. The molecule has 0 fully saturated rings. The Hall–Kier alpha value is -3.39. The first-order chi connectivity index (χ1) is 16.3. The minimum Gasteiger partial charge on any atom is -0.358 e. The van der Waals surface area contributed by atoms with Crippen molar-refractivity contribution in [3.05, 3.63) is 46.3 Å². The average Bonchev–Trinajstić information content (AvgIpc) is 3.22. The van der Waals surface area contributed by atoms with E-state index in [1.807, 2.05) is 17.9 Å². The third-order valence-electron chi connectivity index (χ3n) is 6.71. The molecule has 3 amide bonds. The molecule has 2 aliphatic heterocycles. The highest BCUT2D eigenvalue weighted by atomic mass is 16.2. The van der Waals surface area contributed by atoms with Gasteiger partial charge in [-0.15, -0.1) is 0 Å². The molecule has 8 nitrogen and oxygen atoms in total. The summed E-state index contributed by atoms with van der Waals surface area (Å²) in [6.07, 6.45) is 3.51. The number of fused-ring (bicyclic) bond motifs is 2. The van der Waals surface area contributed by atoms with E-state index in [0.717, 1.165) is 67.1 Å². The zero-order valence-corrected chi connectivity index (χ0v) is 20.4. The molecule has 0 atom stereocenters. The van der Waals surface area contributed by atoms with Gasteiger partial charge in [-0.3, -0.25) is 14.4 Å². The van der Waals surface area contributed by atoms with Crippen LogP contribution in [-0.4, -0.2) is 65.2 Å². The average molecular weight is 464 g/mol. The number of likely N-dealkylation sites (N-methyl/N-ethyl adjacent to an activating group) is 1. The molecule has 4 rings (SSSR count). The number of amides is 3. The van der Waals surface area contributed by atoms with Crippen molar-refractivity contribution < 1.29 is 14.4 Å². The topological polar surface area (TPSA) is 97.5 Å². The Balaban J connectivity index is 1.65. The van der Waals surface area contributed by atoms with Crippen LogP contribution in [0, 0.1) is 6.92 Å². The van der Waals surface area contributed by atoms with E-state index in [9.17, 15) is 14.4 Å². The van der Waals surface area contributed by atoms with Crippen LogP contribution in [0.15, 0.2) is 18.2 Å². The summed E-state index contributed by atoms with van der Waals surface area (Å²) < 4.78 is 0. The van der Waals surface area contributed by atoms with E-state index in [1.54, 1.807) is 18.2 Å². The first kappa shape index (κ1) is 23.8. The lowest BCUT2D eigenvalue weighted by Crippen LogP contribution is -2.38. The number of aromatic amines is 1. The first-order valence-electron chi connectivity index (χ1n) is 12.0. The Bertz CT molecular complexity index is 1160. The Morgan fingerprint density at radius 2 is 2.00 bits per heavy atom. The van der Waals surface area contributed by atoms with Crippen molar-refractivity contribution in [2.75, 3.05) is 43.4 Å². The molecule has 0 unspecified atom stereocenters. The molecule has 0 aliphatic carbocycles. The van der Waals surface area contributed by atoms with Crippen LogP contribution in [0.5, 0.6) is 0 Å². The first-order valence-corrected chi connectivity index (χ1v) is 12.0. The lowest BCUT2D eigenvalue weighted by atomic mass is 10.0. The SMILES string of the molecule is CCN(CC)CCN1CCCc2[nH]c(/C=C3\C(=O)Nc4ccc(NC(C)=O)cc43)c(C)c2C1=O. The van der Waals surface area contributed by atoms with Crippen LogP contribution in [0.4, 0.5) is 11.4 Å². The summed E-state index contributed by atoms with van der Waals surface area (Å²) in [6.45, 7) is 11.9. The summed E-state index contributed by atoms with van der Waals surface area (Å²) in [7, 11) is 0. The number of nitrogens with zero attached hydrogens (tertiary/aromatic N) is 2. The van der Waals surface area contributed by atoms with E-state index in [2.05, 4.69) is 34.4 Å². The minimum absolute atomic E-state index is 0.0577. The van der Waals surface area contributed by atoms with Gasteiger partial charge in [-0.25, -0.2) is 0 Å². The Kier molecular flexibility index (Phi) is 6.88. The molecule has 1 aromatic carbocycles. The molecule has 0 saturated carbocycles. The fraction of sp³-hybridized carbons (Fsp3) is 0.423. The van der Waals surface area contributed by atoms with E-state index in [1.165, 1.54) is 6.92 Å². The number of nitrogens with one attached hydrogen (secondary N) is 3. The number of benzene rings is 1. The fourth-order valence-electron chi connectivity index (χ4n) is 4.78. The van der Waals surface area contributed by atoms with Crippen molar-refractivity contribution in [3.63, 3.8) is 0 Å². The maximum Gasteiger partial charge on any atom is 0.256 e. The van der Waals surface area contributed by atoms with Gasteiger partial charge in [0.25, 0.3) is 11.8 Å². The van der Waals surface area contributed by atoms with Crippen molar-refractivity contribution in [2.24, 2.45) is 0 Å². The highest BCUT2D eigenvalue weighted by molar-refractivity contribution is 6.35. The summed E-state index contributed by atoms with van der Waals surface area (Å²) >= 11 is 0. The second-order valence-corrected chi connectivity index (χ2v) is 8.89. The molecular weight excluding hydrogens is 430 g/mol. The zero-order valence-electron chi connectivity index (χ0n) is 20.4. The van der Waals surface area contributed by atoms with Crippen molar-refractivity contribution in [1.82, 2.24) is 14.8 Å². The molecule has 1 aromatic heterocycles. The van der Waals surface area contributed by atoms with Crippen LogP contribution in [0.2, 0.25) is 0 Å². The van der Waals surface area contributed by atoms with Gasteiger partial charge in [0, 0.05) is 54.9 Å². The number of rotatable bonds is 7. The monoisotopic (exact) mass is 463 g/mol. The van der Waals surface area contributed by atoms with E-state index >= 15 is 0 Å². The van der Waals surface area contributed by atoms with E-state index < -0.39 is 0 Å². The summed E-state index contributed by atoms with van der Waals surface area (Å²) in [6, 6.07) is 5.34. The van der Waals surface area contributed by atoms with Crippen LogP contribution in [-0.2, 0) is 16.0 Å². The van der Waals surface area contributed by atoms with Gasteiger partial charge >= 0.3 is 0 Å². The molecular formula is C26H33N5O3. The number of anilines is 2. The maximum absolute atomic E-state index is 13.5. The number of aryl methyl sites for hydroxylation is 1. The fourth-order valence-corrected chi connectivity index (χ4v) is 4.78. The Labute approximate surface area is 200 Å². The number of H-pyrrole nitrogens is 1. The number of carbonyl (C=O) groups is 3. The number of hydrogen-bond acceptors (Lipinski definition) is 4. The van der Waals surface area contributed by atoms with Gasteiger partial charge in [0.2, 0.25) is 5.91 Å². The largest absolute Gasteiger partial charge is 0.358 e. The van der Waals surface area contributed by atoms with E-state index in [-0.39, 0.29) is 17.7 Å². The second-order valence-electron chi connectivity index (χ2n) is 8.89. The molecule has 8 heteroatoms. The molecule has 0 spiro atoms. The van der Waals surface area contributed by atoms with Crippen molar-refractivity contribution in [1.29, 1.82) is 0 Å². The van der Waals surface area contributed by atoms with Gasteiger partial charge in [0.15, 0.2) is 0 Å². The quantitative estimate of drug-likeness (QED) is 0.548. The van der Waals surface area contributed by atoms with Gasteiger partial charge in [-0.1, -0.05) is 13.8 Å². The zero-order chi connectivity index (χ0) is 24.4. The molecule has 2 aliphatic rings. The van der Waals surface area contributed by atoms with E-state index in [4.69, 9.17) is 0 Å². The van der Waals surface area contributed by atoms with Crippen LogP contribution >= 0.6 is 0 Å². The second kappa shape index (κ2) is 9.85. The number of carbonyl (C=O) groups excluding carboxylic acids is 3. The predicted molar refractivity (Wildman–Crippen MR) is 135 cm³/mol. The number of aromatic nitrogens is 1. The Morgan fingerprint density at radius 1 is 1.24 bits per heavy atom. The van der Waals surface area contributed by atoms with Gasteiger partial charge < -0.3 is 25.4 Å². The molecule has 34 heavy (non-hydrogen) atoms.